The summed E-state index contributed by atoms with van der Waals surface area (Å²) in [4.78, 5) is 44.3. The number of halogens is 1. The van der Waals surface area contributed by atoms with Crippen LogP contribution < -0.4 is 20.9 Å². The average molecular weight is 689 g/mol. The molecule has 1 aliphatic rings. The number of aliphatic hydroxyl groups excluding tert-OH is 1. The molecule has 0 saturated carbocycles. The second-order valence-electron chi connectivity index (χ2n) is 9.96. The van der Waals surface area contributed by atoms with E-state index in [1.807, 2.05) is 30.3 Å². The zero-order chi connectivity index (χ0) is 31.3. The van der Waals surface area contributed by atoms with E-state index in [1.165, 1.54) is 24.4 Å². The van der Waals surface area contributed by atoms with Crippen LogP contribution in [0.5, 0.6) is 5.75 Å². The molecule has 0 radical (unpaired) electrons. The molecule has 3 heterocycles. The Morgan fingerprint density at radius 3 is 2.68 bits per heavy atom. The maximum Gasteiger partial charge on any atom is 0.459 e. The number of hydrogen-bond acceptors (Lipinski definition) is 9. The first-order chi connectivity index (χ1) is 21.2. The summed E-state index contributed by atoms with van der Waals surface area (Å²) in [5.74, 6) is -0.498. The monoisotopic (exact) mass is 688 g/mol. The van der Waals surface area contributed by atoms with Gasteiger partial charge in [0.1, 0.15) is 24.1 Å². The van der Waals surface area contributed by atoms with Gasteiger partial charge in [-0.25, -0.2) is 9.36 Å². The molecular formula is C29H30BrN4O9P. The molecular weight excluding hydrogens is 659 g/mol. The van der Waals surface area contributed by atoms with E-state index in [2.05, 4.69) is 31.0 Å². The Labute approximate surface area is 259 Å². The van der Waals surface area contributed by atoms with Crippen LogP contribution in [0.25, 0.3) is 17.0 Å². The maximum atomic E-state index is 14.2. The van der Waals surface area contributed by atoms with Gasteiger partial charge in [0, 0.05) is 30.2 Å². The van der Waals surface area contributed by atoms with Crippen molar-refractivity contribution in [1.82, 2.24) is 19.6 Å². The van der Waals surface area contributed by atoms with Crippen molar-refractivity contribution in [1.29, 1.82) is 0 Å². The summed E-state index contributed by atoms with van der Waals surface area (Å²) in [5.41, 5.74) is 0.424. The number of hydrogen-bond donors (Lipinski definition) is 4. The number of rotatable bonds is 12. The zero-order valence-corrected chi connectivity index (χ0v) is 25.9. The Balaban J connectivity index is 1.36. The van der Waals surface area contributed by atoms with Crippen molar-refractivity contribution < 1.29 is 33.0 Å². The minimum Gasteiger partial charge on any atom is -0.468 e. The molecule has 0 amide bonds. The van der Waals surface area contributed by atoms with E-state index in [-0.39, 0.29) is 24.2 Å². The number of para-hydroxylation sites is 2. The van der Waals surface area contributed by atoms with Gasteiger partial charge in [-0.2, -0.15) is 5.09 Å². The summed E-state index contributed by atoms with van der Waals surface area (Å²) >= 11 is 3.10. The smallest absolute Gasteiger partial charge is 0.459 e. The number of carbonyl (C=O) groups is 1. The lowest BCUT2D eigenvalue weighted by Crippen LogP contribution is -2.40. The summed E-state index contributed by atoms with van der Waals surface area (Å²) in [6.45, 7) is -0.429. The second kappa shape index (κ2) is 13.9. The van der Waals surface area contributed by atoms with Crippen molar-refractivity contribution in [3.05, 3.63) is 104 Å². The minimum absolute atomic E-state index is 0.0140. The van der Waals surface area contributed by atoms with E-state index in [9.17, 15) is 24.1 Å². The fraction of sp³-hybridized carbons (Fsp3) is 0.276. The van der Waals surface area contributed by atoms with Crippen LogP contribution in [-0.4, -0.2) is 57.6 Å². The predicted molar refractivity (Wildman–Crippen MR) is 165 cm³/mol. The highest BCUT2D eigenvalue weighted by atomic mass is 79.9. The number of aromatic amines is 2. The summed E-state index contributed by atoms with van der Waals surface area (Å²) < 4.78 is 37.7. The first-order valence-corrected chi connectivity index (χ1v) is 16.0. The third-order valence-corrected chi connectivity index (χ3v) is 8.77. The Kier molecular flexibility index (Phi) is 9.99. The fourth-order valence-electron chi connectivity index (χ4n) is 4.80. The minimum atomic E-state index is -4.33. The standard InChI is InChI=1S/C29H30BrN4O9P/c1-40-28(37)23(14-20-13-18-7-5-6-10-22(18)31-20)33-44(39,43-21-8-3-2-4-9-21)41-17-25-24(35)15-26(42-25)34-16-19(11-12-30)27(36)32-29(34)38/h2-13,16,23-26,31,35H,14-15,17H2,1H3,(H,33,39)(H,32,36,38)/b12-11+/t23-,24?,25?,26?,44?/m0/s1. The molecule has 1 fully saturated rings. The Morgan fingerprint density at radius 2 is 1.95 bits per heavy atom. The molecule has 4 unspecified atom stereocenters. The molecule has 1 aliphatic heterocycles. The van der Waals surface area contributed by atoms with E-state index >= 15 is 0 Å². The molecule has 4 aromatic rings. The van der Waals surface area contributed by atoms with Gasteiger partial charge in [-0.1, -0.05) is 52.3 Å². The molecule has 15 heteroatoms. The quantitative estimate of drug-likeness (QED) is 0.127. The number of esters is 1. The Bertz CT molecular complexity index is 1770. The molecule has 4 N–H and O–H groups in total. The van der Waals surface area contributed by atoms with Crippen LogP contribution in [0, 0.1) is 0 Å². The van der Waals surface area contributed by atoms with Crippen LogP contribution in [-0.2, 0) is 29.8 Å². The Hall–Kier alpha value is -3.78. The van der Waals surface area contributed by atoms with Crippen molar-refractivity contribution in [2.24, 2.45) is 0 Å². The number of benzene rings is 2. The maximum absolute atomic E-state index is 14.2. The highest BCUT2D eigenvalue weighted by molar-refractivity contribution is 9.11. The van der Waals surface area contributed by atoms with Crippen LogP contribution in [0.3, 0.4) is 0 Å². The molecule has 2 aromatic heterocycles. The van der Waals surface area contributed by atoms with Crippen molar-refractivity contribution >= 4 is 46.6 Å². The van der Waals surface area contributed by atoms with Gasteiger partial charge in [0.2, 0.25) is 0 Å². The molecule has 1 saturated heterocycles. The molecule has 44 heavy (non-hydrogen) atoms. The summed E-state index contributed by atoms with van der Waals surface area (Å²) in [5, 5.41) is 14.4. The number of methoxy groups -OCH3 is 1. The fourth-order valence-corrected chi connectivity index (χ4v) is 6.58. The number of H-pyrrole nitrogens is 2. The third-order valence-electron chi connectivity index (χ3n) is 6.94. The van der Waals surface area contributed by atoms with Crippen LogP contribution in [0.2, 0.25) is 0 Å². The summed E-state index contributed by atoms with van der Waals surface area (Å²) in [6, 6.07) is 16.6. The van der Waals surface area contributed by atoms with Gasteiger partial charge in [-0.3, -0.25) is 23.7 Å². The Morgan fingerprint density at radius 1 is 1.20 bits per heavy atom. The largest absolute Gasteiger partial charge is 0.468 e. The van der Waals surface area contributed by atoms with Crippen molar-refractivity contribution in [3.8, 4) is 5.75 Å². The van der Waals surface area contributed by atoms with E-state index < -0.39 is 56.0 Å². The molecule has 232 valence electrons. The summed E-state index contributed by atoms with van der Waals surface area (Å²) in [7, 11) is -3.11. The molecule has 5 atom stereocenters. The lowest BCUT2D eigenvalue weighted by atomic mass is 10.1. The van der Waals surface area contributed by atoms with Gasteiger partial charge < -0.3 is 24.1 Å². The lowest BCUT2D eigenvalue weighted by Gasteiger charge is -2.25. The number of nitrogens with one attached hydrogen (secondary N) is 3. The van der Waals surface area contributed by atoms with Crippen molar-refractivity contribution in [2.75, 3.05) is 13.7 Å². The van der Waals surface area contributed by atoms with Gasteiger partial charge in [-0.15, -0.1) is 0 Å². The topological polar surface area (TPSA) is 174 Å². The molecule has 2 aromatic carbocycles. The van der Waals surface area contributed by atoms with Crippen molar-refractivity contribution in [3.63, 3.8) is 0 Å². The van der Waals surface area contributed by atoms with Gasteiger partial charge in [-0.05, 0) is 40.7 Å². The van der Waals surface area contributed by atoms with Crippen LogP contribution >= 0.6 is 23.7 Å². The molecule has 0 bridgehead atoms. The first kappa shape index (κ1) is 31.6. The number of carbonyl (C=O) groups excluding carboxylic acids is 1. The van der Waals surface area contributed by atoms with Crippen LogP contribution in [0.1, 0.15) is 23.9 Å². The molecule has 13 nitrogen and oxygen atoms in total. The lowest BCUT2D eigenvalue weighted by molar-refractivity contribution is -0.142. The second-order valence-corrected chi connectivity index (χ2v) is 12.2. The molecule has 5 rings (SSSR count). The third kappa shape index (κ3) is 7.46. The van der Waals surface area contributed by atoms with Crippen LogP contribution in [0.4, 0.5) is 0 Å². The van der Waals surface area contributed by atoms with Gasteiger partial charge in [0.15, 0.2) is 0 Å². The van der Waals surface area contributed by atoms with Crippen molar-refractivity contribution in [2.45, 2.75) is 37.3 Å². The number of ether oxygens (including phenoxy) is 2. The van der Waals surface area contributed by atoms with Gasteiger partial charge in [0.05, 0.1) is 25.4 Å². The number of aliphatic hydroxyl groups is 1. The van der Waals surface area contributed by atoms with E-state index in [0.29, 0.717) is 5.69 Å². The zero-order valence-electron chi connectivity index (χ0n) is 23.4. The van der Waals surface area contributed by atoms with Crippen LogP contribution in [0.15, 0.2) is 81.4 Å². The summed E-state index contributed by atoms with van der Waals surface area (Å²) in [6.07, 6.45) is -0.280. The number of nitrogens with zero attached hydrogens (tertiary/aromatic N) is 1. The average Bonchev–Trinajstić information content (AvgIpc) is 3.59. The van der Waals surface area contributed by atoms with E-state index in [1.54, 1.807) is 30.3 Å². The SMILES string of the molecule is COC(=O)[C@H](Cc1cc2ccccc2[nH]1)NP(=O)(OCC1OC(n2cc(/C=C/Br)c(=O)[nH]c2=O)CC1O)Oc1ccccc1. The highest BCUT2D eigenvalue weighted by Crippen LogP contribution is 2.46. The normalized spacial score (nSPS) is 20.5. The van der Waals surface area contributed by atoms with E-state index in [0.717, 1.165) is 15.5 Å². The number of fused-ring (bicyclic) bond motifs is 1. The first-order valence-electron chi connectivity index (χ1n) is 13.5. The number of aromatic nitrogens is 3. The highest BCUT2D eigenvalue weighted by Gasteiger charge is 2.40. The van der Waals surface area contributed by atoms with Gasteiger partial charge >= 0.3 is 19.4 Å². The molecule has 0 aliphatic carbocycles. The van der Waals surface area contributed by atoms with E-state index in [4.69, 9.17) is 18.5 Å². The molecule has 0 spiro atoms. The predicted octanol–water partition coefficient (Wildman–Crippen LogP) is 3.61. The van der Waals surface area contributed by atoms with Gasteiger partial charge in [0.25, 0.3) is 5.56 Å².